The van der Waals surface area contributed by atoms with Gasteiger partial charge in [0.2, 0.25) is 0 Å². The second-order valence-corrected chi connectivity index (χ2v) is 6.98. The molecular weight excluding hydrogens is 375 g/mol. The number of halogens is 2. The summed E-state index contributed by atoms with van der Waals surface area (Å²) in [7, 11) is 1.37. The van der Waals surface area contributed by atoms with E-state index in [2.05, 4.69) is 0 Å². The Morgan fingerprint density at radius 3 is 2.60 bits per heavy atom. The third-order valence-electron chi connectivity index (χ3n) is 3.96. The second-order valence-electron chi connectivity index (χ2n) is 6.17. The minimum absolute atomic E-state index is 0.0120. The van der Waals surface area contributed by atoms with E-state index in [1.54, 1.807) is 13.8 Å². The van der Waals surface area contributed by atoms with E-state index in [1.807, 2.05) is 0 Å². The first-order chi connectivity index (χ1) is 11.7. The van der Waals surface area contributed by atoms with Gasteiger partial charge in [0.1, 0.15) is 30.5 Å². The first-order valence-electron chi connectivity index (χ1n) is 7.62. The van der Waals surface area contributed by atoms with Gasteiger partial charge in [-0.3, -0.25) is 0 Å². The van der Waals surface area contributed by atoms with Crippen molar-refractivity contribution in [1.82, 2.24) is 0 Å². The summed E-state index contributed by atoms with van der Waals surface area (Å²) in [6, 6.07) is 2.99. The molecule has 0 saturated carbocycles. The number of methoxy groups -OCH3 is 1. The van der Waals surface area contributed by atoms with Crippen LogP contribution in [0.2, 0.25) is 10.0 Å². The zero-order valence-electron chi connectivity index (χ0n) is 13.8. The Hall–Kier alpha value is -1.09. The van der Waals surface area contributed by atoms with Gasteiger partial charge in [0, 0.05) is 0 Å². The van der Waals surface area contributed by atoms with E-state index in [0.717, 1.165) is 0 Å². The van der Waals surface area contributed by atoms with Crippen LogP contribution in [0.3, 0.4) is 0 Å². The quantitative estimate of drug-likeness (QED) is 0.787. The topological polar surface area (TPSA) is 83.5 Å². The molecule has 2 aliphatic rings. The average Bonchev–Trinajstić information content (AvgIpc) is 3.00. The third kappa shape index (κ3) is 3.58. The first-order valence-corrected chi connectivity index (χ1v) is 8.37. The van der Waals surface area contributed by atoms with Gasteiger partial charge < -0.3 is 28.8 Å². The van der Waals surface area contributed by atoms with Crippen molar-refractivity contribution in [3.8, 4) is 5.75 Å². The van der Waals surface area contributed by atoms with Crippen LogP contribution in [0.25, 0.3) is 0 Å². The molecule has 2 fully saturated rings. The number of benzene rings is 1. The minimum atomic E-state index is -0.990. The van der Waals surface area contributed by atoms with E-state index in [1.165, 1.54) is 19.2 Å². The molecule has 0 bridgehead atoms. The molecule has 0 spiro atoms. The first kappa shape index (κ1) is 18.7. The van der Waals surface area contributed by atoms with Crippen molar-refractivity contribution in [3.63, 3.8) is 0 Å². The van der Waals surface area contributed by atoms with Crippen molar-refractivity contribution in [2.75, 3.05) is 13.7 Å². The normalized spacial score (nSPS) is 30.2. The molecule has 9 heteroatoms. The summed E-state index contributed by atoms with van der Waals surface area (Å²) < 4.78 is 27.0. The molecule has 7 nitrogen and oxygen atoms in total. The molecule has 25 heavy (non-hydrogen) atoms. The van der Waals surface area contributed by atoms with Crippen molar-refractivity contribution in [2.24, 2.45) is 0 Å². The Balaban J connectivity index is 1.66. The van der Waals surface area contributed by atoms with E-state index >= 15 is 0 Å². The maximum absolute atomic E-state index is 12.4. The van der Waals surface area contributed by atoms with Crippen LogP contribution in [0.1, 0.15) is 24.2 Å². The number of hydrogen-bond donors (Lipinski definition) is 1. The number of carbonyl (C=O) groups is 1. The zero-order valence-corrected chi connectivity index (χ0v) is 15.3. The predicted molar refractivity (Wildman–Crippen MR) is 88.0 cm³/mol. The SMILES string of the molecule is COc1c(Cl)ccc(Cl)c1C(=O)OC[C@H]1O[C@@H]2OC(C)(C)O[C@@H]2[C@H]1O. The predicted octanol–water partition coefficient (Wildman–Crippen LogP) is 2.40. The number of fused-ring (bicyclic) bond motifs is 1. The van der Waals surface area contributed by atoms with Gasteiger partial charge in [0.05, 0.1) is 17.2 Å². The average molecular weight is 393 g/mol. The number of hydrogen-bond acceptors (Lipinski definition) is 7. The summed E-state index contributed by atoms with van der Waals surface area (Å²) in [4.78, 5) is 12.4. The smallest absolute Gasteiger partial charge is 0.343 e. The lowest BCUT2D eigenvalue weighted by atomic mass is 10.1. The van der Waals surface area contributed by atoms with Gasteiger partial charge >= 0.3 is 5.97 Å². The van der Waals surface area contributed by atoms with Crippen molar-refractivity contribution in [3.05, 3.63) is 27.7 Å². The third-order valence-corrected chi connectivity index (χ3v) is 4.57. The summed E-state index contributed by atoms with van der Waals surface area (Å²) in [5.41, 5.74) is 0.0120. The van der Waals surface area contributed by atoms with Gasteiger partial charge in [-0.25, -0.2) is 4.79 Å². The van der Waals surface area contributed by atoms with E-state index < -0.39 is 36.4 Å². The molecule has 1 aromatic carbocycles. The van der Waals surface area contributed by atoms with Crippen molar-refractivity contribution in [2.45, 2.75) is 44.2 Å². The van der Waals surface area contributed by atoms with Crippen LogP contribution in [0.15, 0.2) is 12.1 Å². The van der Waals surface area contributed by atoms with E-state index in [-0.39, 0.29) is 28.0 Å². The molecule has 2 heterocycles. The van der Waals surface area contributed by atoms with Gasteiger partial charge in [0.15, 0.2) is 17.8 Å². The number of aliphatic hydroxyl groups is 1. The van der Waals surface area contributed by atoms with Crippen molar-refractivity contribution < 1.29 is 33.6 Å². The Morgan fingerprint density at radius 2 is 1.96 bits per heavy atom. The van der Waals surface area contributed by atoms with Crippen LogP contribution in [0.4, 0.5) is 0 Å². The number of esters is 1. The molecule has 2 saturated heterocycles. The molecule has 4 atom stereocenters. The fraction of sp³-hybridized carbons (Fsp3) is 0.562. The van der Waals surface area contributed by atoms with Crippen LogP contribution in [0, 0.1) is 0 Å². The highest BCUT2D eigenvalue weighted by atomic mass is 35.5. The number of ether oxygens (including phenoxy) is 5. The second kappa shape index (κ2) is 6.90. The standard InChI is InChI=1S/C16H18Cl2O7/c1-16(2)24-13-11(19)9(23-15(13)25-16)6-22-14(20)10-7(17)4-5-8(18)12(10)21-3/h4-5,9,11,13,15,19H,6H2,1-3H3/t9-,11+,13-,15-/m1/s1. The van der Waals surface area contributed by atoms with Gasteiger partial charge in [-0.05, 0) is 26.0 Å². The molecule has 0 aromatic heterocycles. The van der Waals surface area contributed by atoms with Gasteiger partial charge in [-0.1, -0.05) is 23.2 Å². The van der Waals surface area contributed by atoms with Gasteiger partial charge in [-0.15, -0.1) is 0 Å². The fourth-order valence-electron chi connectivity index (χ4n) is 2.85. The summed E-state index contributed by atoms with van der Waals surface area (Å²) in [5.74, 6) is -1.45. The fourth-order valence-corrected chi connectivity index (χ4v) is 3.31. The maximum atomic E-state index is 12.4. The van der Waals surface area contributed by atoms with E-state index in [9.17, 15) is 9.90 Å². The van der Waals surface area contributed by atoms with Crippen molar-refractivity contribution >= 4 is 29.2 Å². The van der Waals surface area contributed by atoms with Crippen molar-refractivity contribution in [1.29, 1.82) is 0 Å². The molecule has 0 unspecified atom stereocenters. The number of aliphatic hydroxyl groups excluding tert-OH is 1. The van der Waals surface area contributed by atoms with Gasteiger partial charge in [-0.2, -0.15) is 0 Å². The van der Waals surface area contributed by atoms with Crippen LogP contribution < -0.4 is 4.74 Å². The molecule has 0 radical (unpaired) electrons. The lowest BCUT2D eigenvalue weighted by molar-refractivity contribution is -0.218. The number of carbonyl (C=O) groups excluding carboxylic acids is 1. The molecule has 138 valence electrons. The summed E-state index contributed by atoms with van der Waals surface area (Å²) in [6.07, 6.45) is -3.11. The lowest BCUT2D eigenvalue weighted by Crippen LogP contribution is -2.37. The summed E-state index contributed by atoms with van der Waals surface area (Å²) in [6.45, 7) is 3.25. The lowest BCUT2D eigenvalue weighted by Gasteiger charge is -2.23. The monoisotopic (exact) mass is 392 g/mol. The molecule has 1 aromatic rings. The highest BCUT2D eigenvalue weighted by Gasteiger charge is 2.54. The van der Waals surface area contributed by atoms with E-state index in [4.69, 9.17) is 46.9 Å². The van der Waals surface area contributed by atoms with Crippen LogP contribution in [0.5, 0.6) is 5.75 Å². The maximum Gasteiger partial charge on any atom is 0.343 e. The Morgan fingerprint density at radius 1 is 1.28 bits per heavy atom. The Kier molecular flexibility index (Phi) is 5.16. The highest BCUT2D eigenvalue weighted by molar-refractivity contribution is 6.37. The van der Waals surface area contributed by atoms with E-state index in [0.29, 0.717) is 0 Å². The molecule has 2 aliphatic heterocycles. The summed E-state index contributed by atoms with van der Waals surface area (Å²) in [5, 5.41) is 10.7. The van der Waals surface area contributed by atoms with Crippen LogP contribution in [-0.4, -0.2) is 55.2 Å². The molecule has 0 amide bonds. The minimum Gasteiger partial charge on any atom is -0.494 e. The Labute approximate surface area is 154 Å². The highest BCUT2D eigenvalue weighted by Crippen LogP contribution is 2.38. The Bertz CT molecular complexity index is 679. The summed E-state index contributed by atoms with van der Waals surface area (Å²) >= 11 is 12.0. The number of rotatable bonds is 4. The zero-order chi connectivity index (χ0) is 18.4. The molecule has 1 N–H and O–H groups in total. The van der Waals surface area contributed by atoms with Crippen LogP contribution >= 0.6 is 23.2 Å². The van der Waals surface area contributed by atoms with Gasteiger partial charge in [0.25, 0.3) is 0 Å². The molecular formula is C16H18Cl2O7. The largest absolute Gasteiger partial charge is 0.494 e. The van der Waals surface area contributed by atoms with Crippen LogP contribution in [-0.2, 0) is 18.9 Å². The molecule has 3 rings (SSSR count). The molecule has 0 aliphatic carbocycles.